The quantitative estimate of drug-likeness (QED) is 0.854. The molecule has 0 amide bonds. The van der Waals surface area contributed by atoms with Crippen LogP contribution in [0.5, 0.6) is 0 Å². The summed E-state index contributed by atoms with van der Waals surface area (Å²) in [6.45, 7) is 0. The predicted octanol–water partition coefficient (Wildman–Crippen LogP) is 3.13. The molecule has 0 bridgehead atoms. The molecule has 0 radical (unpaired) electrons. The van der Waals surface area contributed by atoms with Crippen molar-refractivity contribution in [2.75, 3.05) is 12.8 Å². The number of halogens is 1. The van der Waals surface area contributed by atoms with Crippen molar-refractivity contribution in [3.8, 4) is 0 Å². The Hall–Kier alpha value is -0.970. The fourth-order valence-electron chi connectivity index (χ4n) is 1.81. The van der Waals surface area contributed by atoms with Crippen LogP contribution in [0.1, 0.15) is 11.7 Å². The second kappa shape index (κ2) is 6.27. The lowest BCUT2D eigenvalue weighted by Crippen LogP contribution is -2.22. The van der Waals surface area contributed by atoms with Crippen LogP contribution in [-0.4, -0.2) is 22.6 Å². The van der Waals surface area contributed by atoms with E-state index >= 15 is 0 Å². The molecule has 1 aromatic heterocycles. The van der Waals surface area contributed by atoms with Crippen molar-refractivity contribution in [1.82, 2.24) is 15.1 Å². The summed E-state index contributed by atoms with van der Waals surface area (Å²) in [4.78, 5) is 1.26. The van der Waals surface area contributed by atoms with Gasteiger partial charge in [0, 0.05) is 17.7 Å². The lowest BCUT2D eigenvalue weighted by molar-refractivity contribution is 0.586. The zero-order chi connectivity index (χ0) is 13.0. The van der Waals surface area contributed by atoms with E-state index in [9.17, 15) is 0 Å². The molecule has 5 heteroatoms. The van der Waals surface area contributed by atoms with Gasteiger partial charge in [0.05, 0.1) is 23.0 Å². The first kappa shape index (κ1) is 13.5. The highest BCUT2D eigenvalue weighted by atomic mass is 35.5. The van der Waals surface area contributed by atoms with Crippen LogP contribution in [0.4, 0.5) is 0 Å². The molecule has 1 heterocycles. The van der Waals surface area contributed by atoms with Crippen LogP contribution >= 0.6 is 23.4 Å². The van der Waals surface area contributed by atoms with Gasteiger partial charge in [-0.05, 0) is 19.2 Å². The number of rotatable bonds is 5. The van der Waals surface area contributed by atoms with Crippen molar-refractivity contribution in [3.63, 3.8) is 0 Å². The molecular weight excluding hydrogens is 266 g/mol. The average Bonchev–Trinajstić information content (AvgIpc) is 2.73. The van der Waals surface area contributed by atoms with Crippen molar-refractivity contribution < 1.29 is 0 Å². The summed E-state index contributed by atoms with van der Waals surface area (Å²) in [5.74, 6) is 0.916. The summed E-state index contributed by atoms with van der Waals surface area (Å²) in [6.07, 6.45) is 1.69. The van der Waals surface area contributed by atoms with Crippen molar-refractivity contribution in [1.29, 1.82) is 0 Å². The number of hydrogen-bond acceptors (Lipinski definition) is 3. The molecule has 0 fully saturated rings. The second-order valence-corrected chi connectivity index (χ2v) is 5.47. The van der Waals surface area contributed by atoms with Crippen LogP contribution < -0.4 is 5.32 Å². The van der Waals surface area contributed by atoms with Gasteiger partial charge in [-0.1, -0.05) is 29.8 Å². The Morgan fingerprint density at radius 3 is 2.67 bits per heavy atom. The van der Waals surface area contributed by atoms with Gasteiger partial charge in [0.15, 0.2) is 0 Å². The molecule has 2 aromatic rings. The molecule has 18 heavy (non-hydrogen) atoms. The van der Waals surface area contributed by atoms with E-state index in [1.807, 2.05) is 37.0 Å². The number of thioether (sulfide) groups is 1. The zero-order valence-corrected chi connectivity index (χ0v) is 12.0. The highest BCUT2D eigenvalue weighted by Crippen LogP contribution is 2.28. The maximum Gasteiger partial charge on any atom is 0.0834 e. The lowest BCUT2D eigenvalue weighted by Gasteiger charge is -2.16. The SMILES string of the molecule is CNC(CSc1ccccc1)c1c(Cl)cnn1C. The molecule has 0 saturated carbocycles. The Kier molecular flexibility index (Phi) is 4.69. The van der Waals surface area contributed by atoms with E-state index in [-0.39, 0.29) is 6.04 Å². The van der Waals surface area contributed by atoms with Crippen LogP contribution in [-0.2, 0) is 7.05 Å². The van der Waals surface area contributed by atoms with Gasteiger partial charge >= 0.3 is 0 Å². The number of nitrogens with one attached hydrogen (secondary N) is 1. The van der Waals surface area contributed by atoms with E-state index in [0.29, 0.717) is 5.02 Å². The minimum atomic E-state index is 0.190. The number of aryl methyl sites for hydroxylation is 1. The minimum Gasteiger partial charge on any atom is -0.311 e. The Morgan fingerprint density at radius 2 is 2.11 bits per heavy atom. The number of hydrogen-bond donors (Lipinski definition) is 1. The van der Waals surface area contributed by atoms with Gasteiger partial charge in [-0.15, -0.1) is 11.8 Å². The molecule has 1 atom stereocenters. The van der Waals surface area contributed by atoms with Crippen LogP contribution in [0.3, 0.4) is 0 Å². The third kappa shape index (κ3) is 3.07. The summed E-state index contributed by atoms with van der Waals surface area (Å²) < 4.78 is 1.83. The summed E-state index contributed by atoms with van der Waals surface area (Å²) in [6, 6.07) is 10.5. The molecule has 2 rings (SSSR count). The smallest absolute Gasteiger partial charge is 0.0834 e. The fourth-order valence-corrected chi connectivity index (χ4v) is 3.14. The molecule has 0 aliphatic heterocycles. The zero-order valence-electron chi connectivity index (χ0n) is 10.4. The monoisotopic (exact) mass is 281 g/mol. The molecule has 3 nitrogen and oxygen atoms in total. The van der Waals surface area contributed by atoms with E-state index < -0.39 is 0 Å². The fraction of sp³-hybridized carbons (Fsp3) is 0.308. The largest absolute Gasteiger partial charge is 0.311 e. The highest BCUT2D eigenvalue weighted by Gasteiger charge is 2.17. The molecule has 96 valence electrons. The number of benzene rings is 1. The van der Waals surface area contributed by atoms with Gasteiger partial charge in [-0.2, -0.15) is 5.10 Å². The molecule has 1 N–H and O–H groups in total. The molecule has 1 aromatic carbocycles. The Morgan fingerprint density at radius 1 is 1.39 bits per heavy atom. The van der Waals surface area contributed by atoms with Gasteiger partial charge < -0.3 is 5.32 Å². The van der Waals surface area contributed by atoms with E-state index in [0.717, 1.165) is 11.4 Å². The van der Waals surface area contributed by atoms with Gasteiger partial charge in [-0.25, -0.2) is 0 Å². The van der Waals surface area contributed by atoms with Crippen molar-refractivity contribution in [3.05, 3.63) is 47.2 Å². The van der Waals surface area contributed by atoms with Crippen LogP contribution in [0, 0.1) is 0 Å². The van der Waals surface area contributed by atoms with E-state index in [1.54, 1.807) is 18.0 Å². The van der Waals surface area contributed by atoms with Crippen molar-refractivity contribution >= 4 is 23.4 Å². The number of nitrogens with zero attached hydrogens (tertiary/aromatic N) is 2. The maximum atomic E-state index is 6.17. The summed E-state index contributed by atoms with van der Waals surface area (Å²) in [5, 5.41) is 8.18. The third-order valence-corrected chi connectivity index (χ3v) is 4.17. The average molecular weight is 282 g/mol. The standard InChI is InChI=1S/C13H16ClN3S/c1-15-12(13-11(14)8-16-17(13)2)9-18-10-6-4-3-5-7-10/h3-8,12,15H,9H2,1-2H3. The Balaban J connectivity index is 2.07. The maximum absolute atomic E-state index is 6.17. The van der Waals surface area contributed by atoms with Gasteiger partial charge in [0.25, 0.3) is 0 Å². The van der Waals surface area contributed by atoms with Crippen molar-refractivity contribution in [2.24, 2.45) is 7.05 Å². The molecule has 0 spiro atoms. The van der Waals surface area contributed by atoms with Gasteiger partial charge in [-0.3, -0.25) is 4.68 Å². The van der Waals surface area contributed by atoms with Crippen LogP contribution in [0.2, 0.25) is 5.02 Å². The Labute approximate surface area is 117 Å². The molecule has 1 unspecified atom stereocenters. The Bertz CT molecular complexity index is 479. The topological polar surface area (TPSA) is 29.9 Å². The highest BCUT2D eigenvalue weighted by molar-refractivity contribution is 7.99. The van der Waals surface area contributed by atoms with E-state index in [1.165, 1.54) is 4.90 Å². The summed E-state index contributed by atoms with van der Waals surface area (Å²) >= 11 is 7.97. The first-order valence-corrected chi connectivity index (χ1v) is 7.11. The van der Waals surface area contributed by atoms with E-state index in [4.69, 9.17) is 11.6 Å². The van der Waals surface area contributed by atoms with Crippen molar-refractivity contribution in [2.45, 2.75) is 10.9 Å². The first-order valence-electron chi connectivity index (χ1n) is 5.75. The number of aromatic nitrogens is 2. The lowest BCUT2D eigenvalue weighted by atomic mass is 10.2. The predicted molar refractivity (Wildman–Crippen MR) is 77.2 cm³/mol. The first-order chi connectivity index (χ1) is 8.72. The van der Waals surface area contributed by atoms with Crippen LogP contribution in [0.15, 0.2) is 41.4 Å². The molecule has 0 saturated heterocycles. The normalized spacial score (nSPS) is 12.6. The molecule has 0 aliphatic rings. The van der Waals surface area contributed by atoms with E-state index in [2.05, 4.69) is 22.5 Å². The van der Waals surface area contributed by atoms with Crippen LogP contribution in [0.25, 0.3) is 0 Å². The third-order valence-electron chi connectivity index (χ3n) is 2.78. The van der Waals surface area contributed by atoms with Gasteiger partial charge in [0.2, 0.25) is 0 Å². The second-order valence-electron chi connectivity index (χ2n) is 3.97. The summed E-state index contributed by atoms with van der Waals surface area (Å²) in [5.41, 5.74) is 1.03. The van der Waals surface area contributed by atoms with Gasteiger partial charge in [0.1, 0.15) is 0 Å². The summed E-state index contributed by atoms with van der Waals surface area (Å²) in [7, 11) is 3.86. The molecular formula is C13H16ClN3S. The molecule has 0 aliphatic carbocycles. The minimum absolute atomic E-state index is 0.190.